The first-order valence-electron chi connectivity index (χ1n) is 11.1. The first-order valence-corrected chi connectivity index (χ1v) is 11.1. The van der Waals surface area contributed by atoms with Crippen molar-refractivity contribution in [3.63, 3.8) is 0 Å². The van der Waals surface area contributed by atoms with Crippen molar-refractivity contribution in [2.24, 2.45) is 11.7 Å². The lowest BCUT2D eigenvalue weighted by atomic mass is 9.96. The highest BCUT2D eigenvalue weighted by atomic mass is 19.3. The zero-order valence-electron chi connectivity index (χ0n) is 20.7. The van der Waals surface area contributed by atoms with E-state index in [2.05, 4.69) is 28.9 Å². The van der Waals surface area contributed by atoms with Gasteiger partial charge in [0.15, 0.2) is 0 Å². The maximum Gasteiger partial charge on any atom is 0.408 e. The molecule has 0 spiro atoms. The van der Waals surface area contributed by atoms with Crippen molar-refractivity contribution < 1.29 is 27.9 Å². The second-order valence-electron chi connectivity index (χ2n) is 9.07. The third kappa shape index (κ3) is 7.24. The molecule has 0 radical (unpaired) electrons. The maximum absolute atomic E-state index is 13.9. The monoisotopic (exact) mass is 503 g/mol. The molecule has 1 heterocycles. The molecule has 0 fully saturated rings. The lowest BCUT2D eigenvalue weighted by Crippen LogP contribution is -2.35. The zero-order valence-corrected chi connectivity index (χ0v) is 20.7. The van der Waals surface area contributed by atoms with E-state index in [4.69, 9.17) is 10.5 Å². The Balaban J connectivity index is 2.65. The third-order valence-corrected chi connectivity index (χ3v) is 5.01. The van der Waals surface area contributed by atoms with Crippen LogP contribution in [-0.2, 0) is 9.53 Å². The van der Waals surface area contributed by atoms with E-state index in [0.717, 1.165) is 6.20 Å². The van der Waals surface area contributed by atoms with E-state index in [0.29, 0.717) is 10.2 Å². The summed E-state index contributed by atoms with van der Waals surface area (Å²) in [6.07, 6.45) is 3.55. The second-order valence-corrected chi connectivity index (χ2v) is 9.07. The van der Waals surface area contributed by atoms with Crippen molar-refractivity contribution in [2.75, 3.05) is 5.32 Å². The van der Waals surface area contributed by atoms with Crippen molar-refractivity contribution in [1.29, 1.82) is 0 Å². The summed E-state index contributed by atoms with van der Waals surface area (Å²) in [4.78, 5) is 37.0. The number of carbonyl (C=O) groups excluding carboxylic acids is 3. The fourth-order valence-electron chi connectivity index (χ4n) is 3.27. The Morgan fingerprint density at radius 1 is 1.22 bits per heavy atom. The number of rotatable bonds is 10. The van der Waals surface area contributed by atoms with Gasteiger partial charge in [0, 0.05) is 11.1 Å². The van der Waals surface area contributed by atoms with Crippen LogP contribution in [-0.4, -0.2) is 33.3 Å². The molecule has 4 N–H and O–H groups in total. The number of primary amides is 1. The van der Waals surface area contributed by atoms with Crippen molar-refractivity contribution in [3.05, 3.63) is 60.8 Å². The second kappa shape index (κ2) is 11.6. The van der Waals surface area contributed by atoms with Gasteiger partial charge in [-0.1, -0.05) is 19.1 Å². The lowest BCUT2D eigenvalue weighted by molar-refractivity contribution is -0.118. The molecule has 9 nitrogen and oxygen atoms in total. The number of aromatic nitrogens is 2. The quantitative estimate of drug-likeness (QED) is 0.395. The van der Waals surface area contributed by atoms with Crippen LogP contribution in [0.3, 0.4) is 0 Å². The van der Waals surface area contributed by atoms with Crippen molar-refractivity contribution in [3.8, 4) is 11.3 Å². The number of alkyl halides is 2. The lowest BCUT2D eigenvalue weighted by Gasteiger charge is -2.24. The van der Waals surface area contributed by atoms with E-state index in [1.54, 1.807) is 33.8 Å². The minimum atomic E-state index is -3.05. The number of ether oxygens (including phenoxy) is 1. The van der Waals surface area contributed by atoms with Crippen LogP contribution in [0.4, 0.5) is 19.3 Å². The SMILES string of the molecule is C=CC[C@H](NC(=O)OC(C)(C)C)c1cc(C(N)=O)cc(-c2c(NC(=O)[C@H](C)C=C)cnn2C(F)F)c1. The third-order valence-electron chi connectivity index (χ3n) is 5.01. The van der Waals surface area contributed by atoms with Crippen LogP contribution in [0.5, 0.6) is 0 Å². The molecule has 1 aromatic heterocycles. The van der Waals surface area contributed by atoms with E-state index in [-0.39, 0.29) is 28.9 Å². The fraction of sp³-hybridized carbons (Fsp3) is 0.360. The van der Waals surface area contributed by atoms with Gasteiger partial charge >= 0.3 is 12.6 Å². The molecule has 0 saturated heterocycles. The smallest absolute Gasteiger partial charge is 0.408 e. The molecule has 0 unspecified atom stereocenters. The number of amides is 3. The molecule has 0 aliphatic carbocycles. The normalized spacial score (nSPS) is 13.0. The van der Waals surface area contributed by atoms with E-state index in [1.807, 2.05) is 0 Å². The number of benzene rings is 1. The summed E-state index contributed by atoms with van der Waals surface area (Å²) in [5, 5.41) is 8.98. The van der Waals surface area contributed by atoms with Crippen LogP contribution in [0, 0.1) is 5.92 Å². The van der Waals surface area contributed by atoms with E-state index in [9.17, 15) is 23.2 Å². The molecule has 2 atom stereocenters. The number of halogens is 2. The minimum Gasteiger partial charge on any atom is -0.444 e. The van der Waals surface area contributed by atoms with Crippen LogP contribution >= 0.6 is 0 Å². The molecular weight excluding hydrogens is 472 g/mol. The predicted molar refractivity (Wildman–Crippen MR) is 132 cm³/mol. The van der Waals surface area contributed by atoms with Crippen molar-refractivity contribution in [2.45, 2.75) is 52.3 Å². The van der Waals surface area contributed by atoms with E-state index in [1.165, 1.54) is 24.3 Å². The molecule has 11 heteroatoms. The summed E-state index contributed by atoms with van der Waals surface area (Å²) in [6.45, 7) is 10.9. The van der Waals surface area contributed by atoms with E-state index >= 15 is 0 Å². The summed E-state index contributed by atoms with van der Waals surface area (Å²) in [5.41, 5.74) is 5.12. The average Bonchev–Trinajstić information content (AvgIpc) is 3.20. The Labute approximate surface area is 208 Å². The molecule has 0 saturated carbocycles. The Hall–Kier alpha value is -4.02. The summed E-state index contributed by atoms with van der Waals surface area (Å²) < 4.78 is 33.4. The van der Waals surface area contributed by atoms with Crippen LogP contribution in [0.25, 0.3) is 11.3 Å². The highest BCUT2D eigenvalue weighted by Crippen LogP contribution is 2.34. The van der Waals surface area contributed by atoms with Gasteiger partial charge in [0.25, 0.3) is 0 Å². The number of nitrogens with two attached hydrogens (primary N) is 1. The predicted octanol–water partition coefficient (Wildman–Crippen LogP) is 4.95. The Kier molecular flexibility index (Phi) is 9.10. The standard InChI is InChI=1S/C25H31F2N5O4/c1-7-9-18(31-24(35)36-25(4,5)6)15-10-16(12-17(11-15)21(28)33)20-19(13-29-32(20)23(26)27)30-22(34)14(3)8-2/h7-8,10-14,18,23H,1-2,9H2,3-6H3,(H2,28,33)(H,30,34)(H,31,35)/t14-,18+/m1/s1. The number of nitrogens with zero attached hydrogens (tertiary/aromatic N) is 2. The number of anilines is 1. The molecule has 0 aliphatic heterocycles. The van der Waals surface area contributed by atoms with Crippen molar-refractivity contribution in [1.82, 2.24) is 15.1 Å². The molecule has 2 rings (SSSR count). The van der Waals surface area contributed by atoms with Gasteiger partial charge in [0.1, 0.15) is 5.60 Å². The highest BCUT2D eigenvalue weighted by Gasteiger charge is 2.25. The Morgan fingerprint density at radius 2 is 1.89 bits per heavy atom. The van der Waals surface area contributed by atoms with Gasteiger partial charge < -0.3 is 21.1 Å². The summed E-state index contributed by atoms with van der Waals surface area (Å²) >= 11 is 0. The summed E-state index contributed by atoms with van der Waals surface area (Å²) in [5.74, 6) is -1.90. The first kappa shape index (κ1) is 28.2. The van der Waals surface area contributed by atoms with Crippen LogP contribution < -0.4 is 16.4 Å². The summed E-state index contributed by atoms with van der Waals surface area (Å²) in [6, 6.07) is 3.53. The minimum absolute atomic E-state index is 0.00121. The van der Waals surface area contributed by atoms with Crippen LogP contribution in [0.15, 0.2) is 49.7 Å². The molecule has 0 bridgehead atoms. The molecule has 3 amide bonds. The van der Waals surface area contributed by atoms with E-state index < -0.39 is 42.0 Å². The molecule has 1 aromatic carbocycles. The molecule has 36 heavy (non-hydrogen) atoms. The van der Waals surface area contributed by atoms with Gasteiger partial charge in [0.05, 0.1) is 29.5 Å². The number of nitrogens with one attached hydrogen (secondary N) is 2. The van der Waals surface area contributed by atoms with Gasteiger partial charge in [-0.15, -0.1) is 13.2 Å². The first-order chi connectivity index (χ1) is 16.8. The summed E-state index contributed by atoms with van der Waals surface area (Å²) in [7, 11) is 0. The molecule has 2 aromatic rings. The van der Waals surface area contributed by atoms with Crippen LogP contribution in [0.1, 0.15) is 62.6 Å². The van der Waals surface area contributed by atoms with Gasteiger partial charge in [-0.25, -0.2) is 9.48 Å². The van der Waals surface area contributed by atoms with Gasteiger partial charge in [-0.05, 0) is 51.0 Å². The van der Waals surface area contributed by atoms with Crippen LogP contribution in [0.2, 0.25) is 0 Å². The van der Waals surface area contributed by atoms with Gasteiger partial charge in [-0.3, -0.25) is 9.59 Å². The zero-order chi connectivity index (χ0) is 27.2. The Morgan fingerprint density at radius 3 is 2.42 bits per heavy atom. The average molecular weight is 504 g/mol. The van der Waals surface area contributed by atoms with Gasteiger partial charge in [0.2, 0.25) is 11.8 Å². The van der Waals surface area contributed by atoms with Crippen molar-refractivity contribution >= 4 is 23.6 Å². The van der Waals surface area contributed by atoms with Gasteiger partial charge in [-0.2, -0.15) is 13.9 Å². The largest absolute Gasteiger partial charge is 0.444 e. The molecule has 0 aliphatic rings. The number of alkyl carbamates (subject to hydrolysis) is 1. The molecular formula is C25H31F2N5O4. The fourth-order valence-corrected chi connectivity index (χ4v) is 3.27. The molecule has 194 valence electrons. The maximum atomic E-state index is 13.9. The number of hydrogen-bond donors (Lipinski definition) is 3. The Bertz CT molecular complexity index is 1150. The number of carbonyl (C=O) groups is 3. The number of hydrogen-bond acceptors (Lipinski definition) is 5. The topological polar surface area (TPSA) is 128 Å². The highest BCUT2D eigenvalue weighted by molar-refractivity contribution is 5.98.